The van der Waals surface area contributed by atoms with Crippen LogP contribution in [0.1, 0.15) is 6.92 Å². The molecule has 1 atom stereocenters. The quantitative estimate of drug-likeness (QED) is 0.368. The number of alkyl halides is 1. The highest BCUT2D eigenvalue weighted by atomic mass is 35.5. The van der Waals surface area contributed by atoms with Crippen LogP contribution in [0.2, 0.25) is 0 Å². The van der Waals surface area contributed by atoms with E-state index >= 15 is 0 Å². The molecule has 0 aromatic carbocycles. The molecular weight excluding hydrogens is 198 g/mol. The van der Waals surface area contributed by atoms with E-state index in [1.165, 1.54) is 5.01 Å². The third-order valence-electron chi connectivity index (χ3n) is 1.75. The molecule has 1 aliphatic heterocycles. The Morgan fingerprint density at radius 2 is 2.46 bits per heavy atom. The van der Waals surface area contributed by atoms with Crippen molar-refractivity contribution in [3.63, 3.8) is 0 Å². The smallest absolute Gasteiger partial charge is 0.274 e. The van der Waals surface area contributed by atoms with Crippen molar-refractivity contribution in [1.82, 2.24) is 10.6 Å². The number of nitrogens with zero attached hydrogens (tertiary/aromatic N) is 2. The average molecular weight is 211 g/mol. The molecule has 1 rings (SSSR count). The van der Waals surface area contributed by atoms with Gasteiger partial charge in [0.05, 0.1) is 18.0 Å². The van der Waals surface area contributed by atoms with Gasteiger partial charge in [0.2, 0.25) is 0 Å². The lowest BCUT2D eigenvalue weighted by Gasteiger charge is -2.29. The number of hydrazine groups is 2. The molecule has 1 aliphatic rings. The molecule has 1 unspecified atom stereocenters. The van der Waals surface area contributed by atoms with E-state index in [9.17, 15) is 4.91 Å². The highest BCUT2D eigenvalue weighted by Crippen LogP contribution is 2.13. The summed E-state index contributed by atoms with van der Waals surface area (Å²) in [7, 11) is 0. The van der Waals surface area contributed by atoms with Gasteiger partial charge in [0.15, 0.2) is 5.56 Å². The van der Waals surface area contributed by atoms with Gasteiger partial charge in [-0.2, -0.15) is 0 Å². The molecule has 0 spiro atoms. The zero-order valence-electron chi connectivity index (χ0n) is 7.31. The van der Waals surface area contributed by atoms with Crippen LogP contribution in [0.3, 0.4) is 0 Å². The fraction of sp³-hybridized carbons (Fsp3) is 1.00. The monoisotopic (exact) mass is 210 g/mol. The first kappa shape index (κ1) is 10.5. The molecule has 0 aliphatic carbocycles. The SMILES string of the molecule is CC(Cl)ON[N+](=O)N1CC(CO)C1. The summed E-state index contributed by atoms with van der Waals surface area (Å²) in [6.45, 7) is 2.77. The molecule has 1 fully saturated rings. The van der Waals surface area contributed by atoms with E-state index in [0.29, 0.717) is 18.1 Å². The predicted octanol–water partition coefficient (Wildman–Crippen LogP) is -0.375. The molecule has 1 saturated heterocycles. The molecule has 1 heterocycles. The molecule has 0 bridgehead atoms. The summed E-state index contributed by atoms with van der Waals surface area (Å²) in [5.74, 6) is 0.187. The van der Waals surface area contributed by atoms with Crippen LogP contribution in [-0.4, -0.2) is 40.4 Å². The minimum Gasteiger partial charge on any atom is -0.396 e. The second-order valence-electron chi connectivity index (χ2n) is 2.95. The van der Waals surface area contributed by atoms with Gasteiger partial charge in [-0.05, 0) is 6.92 Å². The van der Waals surface area contributed by atoms with E-state index < -0.39 is 5.56 Å². The van der Waals surface area contributed by atoms with Gasteiger partial charge in [-0.1, -0.05) is 11.6 Å². The van der Waals surface area contributed by atoms with E-state index in [0.717, 1.165) is 0 Å². The van der Waals surface area contributed by atoms with E-state index in [-0.39, 0.29) is 12.5 Å². The van der Waals surface area contributed by atoms with Crippen molar-refractivity contribution in [2.45, 2.75) is 12.5 Å². The molecule has 76 valence electrons. The molecule has 0 aromatic rings. The standard InChI is InChI=1S/C6H13ClN3O3/c1-5(7)13-8-10(12)9-2-6(3-9)4-11/h5-6,11H,2-4H2,1H3,(H,8,12)/q+1. The van der Waals surface area contributed by atoms with Crippen LogP contribution >= 0.6 is 11.6 Å². The van der Waals surface area contributed by atoms with Gasteiger partial charge >= 0.3 is 0 Å². The van der Waals surface area contributed by atoms with Gasteiger partial charge in [-0.25, -0.2) is 4.84 Å². The maximum absolute atomic E-state index is 11.1. The normalized spacial score (nSPS) is 19.5. The zero-order chi connectivity index (χ0) is 9.84. The van der Waals surface area contributed by atoms with Gasteiger partial charge in [0, 0.05) is 18.1 Å². The second-order valence-corrected chi connectivity index (χ2v) is 3.56. The summed E-state index contributed by atoms with van der Waals surface area (Å²) in [6, 6.07) is 0. The van der Waals surface area contributed by atoms with Crippen LogP contribution < -0.4 is 5.59 Å². The largest absolute Gasteiger partial charge is 0.396 e. The lowest BCUT2D eigenvalue weighted by atomic mass is 10.0. The first-order valence-electron chi connectivity index (χ1n) is 4.02. The fourth-order valence-electron chi connectivity index (χ4n) is 0.982. The Morgan fingerprint density at radius 1 is 1.85 bits per heavy atom. The average Bonchev–Trinajstić information content (AvgIpc) is 1.99. The number of rotatable bonds is 5. The minimum atomic E-state index is -0.564. The van der Waals surface area contributed by atoms with Crippen molar-refractivity contribution in [1.29, 1.82) is 0 Å². The number of halogens is 1. The molecule has 13 heavy (non-hydrogen) atoms. The fourth-order valence-corrected chi connectivity index (χ4v) is 1.02. The maximum atomic E-state index is 11.1. The van der Waals surface area contributed by atoms with E-state index in [4.69, 9.17) is 16.7 Å². The Bertz CT molecular complexity index is 184. The summed E-state index contributed by atoms with van der Waals surface area (Å²) in [5, 5.41) is 10.1. The molecule has 6 nitrogen and oxygen atoms in total. The van der Waals surface area contributed by atoms with Crippen molar-refractivity contribution in [2.75, 3.05) is 19.7 Å². The number of hydrogen-bond donors (Lipinski definition) is 2. The highest BCUT2D eigenvalue weighted by Gasteiger charge is 2.37. The second kappa shape index (κ2) is 4.59. The number of hydrogen-bond acceptors (Lipinski definition) is 3. The Hall–Kier alpha value is -0.590. The molecule has 2 N–H and O–H groups in total. The van der Waals surface area contributed by atoms with Crippen LogP contribution in [0.5, 0.6) is 0 Å². The van der Waals surface area contributed by atoms with E-state index in [1.807, 2.05) is 0 Å². The molecular formula is C6H13ClN3O3+. The summed E-state index contributed by atoms with van der Waals surface area (Å²) in [4.78, 5) is 16.2. The van der Waals surface area contributed by atoms with Crippen molar-refractivity contribution in [3.8, 4) is 0 Å². The van der Waals surface area contributed by atoms with Crippen LogP contribution in [-0.2, 0) is 4.84 Å². The van der Waals surface area contributed by atoms with Gasteiger partial charge in [-0.3, -0.25) is 0 Å². The Kier molecular flexibility index (Phi) is 3.71. The number of aliphatic hydroxyl groups is 1. The van der Waals surface area contributed by atoms with Gasteiger partial charge in [0.1, 0.15) is 0 Å². The Balaban J connectivity index is 2.12. The van der Waals surface area contributed by atoms with Crippen LogP contribution in [0.25, 0.3) is 0 Å². The predicted molar refractivity (Wildman–Crippen MR) is 45.3 cm³/mol. The van der Waals surface area contributed by atoms with Crippen molar-refractivity contribution in [3.05, 3.63) is 4.91 Å². The zero-order valence-corrected chi connectivity index (χ0v) is 8.07. The maximum Gasteiger partial charge on any atom is 0.274 e. The third-order valence-corrected chi connectivity index (χ3v) is 1.84. The summed E-state index contributed by atoms with van der Waals surface area (Å²) in [5.41, 5.74) is 1.56. The lowest BCUT2D eigenvalue weighted by Crippen LogP contribution is -2.56. The van der Waals surface area contributed by atoms with Gasteiger partial charge < -0.3 is 5.11 Å². The highest BCUT2D eigenvalue weighted by molar-refractivity contribution is 6.19. The van der Waals surface area contributed by atoms with Crippen molar-refractivity contribution >= 4 is 11.6 Å². The summed E-state index contributed by atoms with van der Waals surface area (Å²) in [6.07, 6.45) is 0. The van der Waals surface area contributed by atoms with Crippen LogP contribution in [0.15, 0.2) is 0 Å². The number of nitroso groups, excluding NO2 is 1. The first-order chi connectivity index (χ1) is 6.13. The van der Waals surface area contributed by atoms with Gasteiger partial charge in [0.25, 0.3) is 4.98 Å². The lowest BCUT2D eigenvalue weighted by molar-refractivity contribution is -0.801. The van der Waals surface area contributed by atoms with Crippen molar-refractivity contribution < 1.29 is 14.9 Å². The Morgan fingerprint density at radius 3 is 2.92 bits per heavy atom. The summed E-state index contributed by atoms with van der Waals surface area (Å²) < 4.78 is 0. The first-order valence-corrected chi connectivity index (χ1v) is 4.45. The van der Waals surface area contributed by atoms with Crippen molar-refractivity contribution in [2.24, 2.45) is 5.92 Å². The molecule has 0 aromatic heterocycles. The van der Waals surface area contributed by atoms with E-state index in [1.54, 1.807) is 6.92 Å². The minimum absolute atomic E-state index is 0.108. The van der Waals surface area contributed by atoms with Crippen LogP contribution in [0, 0.1) is 10.8 Å². The molecule has 0 radical (unpaired) electrons. The number of nitrogens with one attached hydrogen (secondary N) is 1. The molecule has 0 saturated carbocycles. The number of aliphatic hydroxyl groups excluding tert-OH is 1. The van der Waals surface area contributed by atoms with Gasteiger partial charge in [-0.15, -0.1) is 5.01 Å². The van der Waals surface area contributed by atoms with Crippen LogP contribution in [0.4, 0.5) is 0 Å². The molecule has 0 amide bonds. The third kappa shape index (κ3) is 2.98. The Labute approximate surface area is 80.9 Å². The topological polar surface area (TPSA) is 64.8 Å². The molecule has 7 heteroatoms. The van der Waals surface area contributed by atoms with E-state index in [2.05, 4.69) is 10.4 Å². The summed E-state index contributed by atoms with van der Waals surface area (Å²) >= 11 is 5.43.